The minimum atomic E-state index is -0.424. The molecule has 0 atom stereocenters. The highest BCUT2D eigenvalue weighted by molar-refractivity contribution is 5.89. The van der Waals surface area contributed by atoms with Gasteiger partial charge in [-0.25, -0.2) is 18.9 Å². The first-order valence-electron chi connectivity index (χ1n) is 11.0. The fraction of sp³-hybridized carbons (Fsp3) is 0.375. The summed E-state index contributed by atoms with van der Waals surface area (Å²) in [6.07, 6.45) is 6.80. The average Bonchev–Trinajstić information content (AvgIpc) is 3.39. The van der Waals surface area contributed by atoms with Crippen LogP contribution in [0.3, 0.4) is 0 Å². The molecular formula is C24H26FN5O2. The second-order valence-electron chi connectivity index (χ2n) is 8.75. The lowest BCUT2D eigenvalue weighted by Crippen LogP contribution is -2.39. The number of halogens is 1. The summed E-state index contributed by atoms with van der Waals surface area (Å²) in [5.41, 5.74) is 1.06. The zero-order valence-electron chi connectivity index (χ0n) is 18.0. The van der Waals surface area contributed by atoms with Crippen molar-refractivity contribution in [3.8, 4) is 5.69 Å². The number of pyridine rings is 1. The number of rotatable bonds is 5. The number of nitrogens with zero attached hydrogens (tertiary/aromatic N) is 4. The van der Waals surface area contributed by atoms with Crippen molar-refractivity contribution in [2.75, 3.05) is 23.3 Å². The lowest BCUT2D eigenvalue weighted by atomic mass is 9.78. The molecule has 1 aliphatic heterocycles. The number of amides is 1. The minimum Gasteiger partial charge on any atom is -0.441 e. The van der Waals surface area contributed by atoms with Crippen LogP contribution in [0, 0.1) is 18.7 Å². The highest BCUT2D eigenvalue weighted by atomic mass is 19.1. The molecule has 1 amide bonds. The van der Waals surface area contributed by atoms with E-state index in [-0.39, 0.29) is 11.9 Å². The lowest BCUT2D eigenvalue weighted by Gasteiger charge is -2.35. The first-order chi connectivity index (χ1) is 15.5. The summed E-state index contributed by atoms with van der Waals surface area (Å²) in [7, 11) is 0. The Balaban J connectivity index is 1.15. The van der Waals surface area contributed by atoms with Crippen LogP contribution in [0.1, 0.15) is 31.2 Å². The molecule has 166 valence electrons. The number of anilines is 2. The van der Waals surface area contributed by atoms with E-state index >= 15 is 0 Å². The van der Waals surface area contributed by atoms with E-state index < -0.39 is 5.60 Å². The maximum atomic E-state index is 14.0. The van der Waals surface area contributed by atoms with Gasteiger partial charge in [0.2, 0.25) is 0 Å². The topological polar surface area (TPSA) is 72.3 Å². The predicted molar refractivity (Wildman–Crippen MR) is 120 cm³/mol. The van der Waals surface area contributed by atoms with Crippen molar-refractivity contribution in [3.05, 3.63) is 66.2 Å². The Morgan fingerprint density at radius 2 is 2.00 bits per heavy atom. The number of carbonyl (C=O) groups excluding carboxylic acids is 1. The Hall–Kier alpha value is -3.42. The summed E-state index contributed by atoms with van der Waals surface area (Å²) in [4.78, 5) is 18.5. The summed E-state index contributed by atoms with van der Waals surface area (Å²) in [6, 6.07) is 12.2. The molecule has 0 unspecified atom stereocenters. The molecule has 32 heavy (non-hydrogen) atoms. The molecule has 2 aliphatic rings. The molecule has 2 aromatic heterocycles. The number of hydrogen-bond donors (Lipinski definition) is 1. The van der Waals surface area contributed by atoms with Crippen molar-refractivity contribution in [1.82, 2.24) is 14.8 Å². The summed E-state index contributed by atoms with van der Waals surface area (Å²) in [5.74, 6) is 1.52. The van der Waals surface area contributed by atoms with Crippen LogP contribution >= 0.6 is 0 Å². The third-order valence-electron chi connectivity index (χ3n) is 6.42. The van der Waals surface area contributed by atoms with E-state index in [1.54, 1.807) is 40.2 Å². The maximum Gasteiger partial charge on any atom is 0.416 e. The Morgan fingerprint density at radius 1 is 1.19 bits per heavy atom. The molecule has 1 aromatic carbocycles. The fourth-order valence-corrected chi connectivity index (χ4v) is 4.53. The number of nitrogens with one attached hydrogen (secondary N) is 1. The van der Waals surface area contributed by atoms with E-state index in [0.717, 1.165) is 43.6 Å². The van der Waals surface area contributed by atoms with Gasteiger partial charge in [0, 0.05) is 25.0 Å². The van der Waals surface area contributed by atoms with Crippen molar-refractivity contribution in [2.24, 2.45) is 5.92 Å². The fourth-order valence-electron chi connectivity index (χ4n) is 4.53. The van der Waals surface area contributed by atoms with Gasteiger partial charge in [-0.2, -0.15) is 5.10 Å². The van der Waals surface area contributed by atoms with Crippen molar-refractivity contribution in [3.63, 3.8) is 0 Å². The largest absolute Gasteiger partial charge is 0.441 e. The normalized spacial score (nSPS) is 22.9. The zero-order valence-corrected chi connectivity index (χ0v) is 18.0. The van der Waals surface area contributed by atoms with Gasteiger partial charge in [0.05, 0.1) is 6.54 Å². The average molecular weight is 436 g/mol. The van der Waals surface area contributed by atoms with E-state index in [2.05, 4.69) is 15.4 Å². The molecule has 2 fully saturated rings. The maximum absolute atomic E-state index is 14.0. The van der Waals surface area contributed by atoms with Crippen LogP contribution in [0.4, 0.5) is 20.8 Å². The van der Waals surface area contributed by atoms with Crippen LogP contribution in [0.5, 0.6) is 0 Å². The molecule has 1 saturated carbocycles. The molecule has 1 spiro atoms. The Kier molecular flexibility index (Phi) is 5.28. The van der Waals surface area contributed by atoms with Gasteiger partial charge in [-0.05, 0) is 62.3 Å². The first-order valence-corrected chi connectivity index (χ1v) is 11.0. The number of ether oxygens (including phenoxy) is 1. The van der Waals surface area contributed by atoms with Gasteiger partial charge >= 0.3 is 6.09 Å². The number of hydrogen-bond acceptors (Lipinski definition) is 5. The number of aromatic nitrogens is 3. The second-order valence-corrected chi connectivity index (χ2v) is 8.75. The third-order valence-corrected chi connectivity index (χ3v) is 6.42. The van der Waals surface area contributed by atoms with Crippen LogP contribution < -0.4 is 10.2 Å². The van der Waals surface area contributed by atoms with E-state index in [9.17, 15) is 9.18 Å². The van der Waals surface area contributed by atoms with Crippen LogP contribution in [0.2, 0.25) is 0 Å². The number of para-hydroxylation sites is 1. The molecule has 3 heterocycles. The summed E-state index contributed by atoms with van der Waals surface area (Å²) < 4.78 is 21.3. The van der Waals surface area contributed by atoms with Crippen molar-refractivity contribution in [2.45, 2.75) is 38.2 Å². The van der Waals surface area contributed by atoms with E-state index in [0.29, 0.717) is 24.0 Å². The van der Waals surface area contributed by atoms with Crippen LogP contribution in [-0.4, -0.2) is 39.5 Å². The number of benzene rings is 1. The van der Waals surface area contributed by atoms with Crippen molar-refractivity contribution >= 4 is 17.7 Å². The highest BCUT2D eigenvalue weighted by Crippen LogP contribution is 2.40. The van der Waals surface area contributed by atoms with Gasteiger partial charge < -0.3 is 10.1 Å². The molecule has 1 aliphatic carbocycles. The molecule has 3 aromatic rings. The van der Waals surface area contributed by atoms with Gasteiger partial charge in [0.25, 0.3) is 0 Å². The van der Waals surface area contributed by atoms with Gasteiger partial charge in [-0.1, -0.05) is 18.2 Å². The summed E-state index contributed by atoms with van der Waals surface area (Å²) in [6.45, 7) is 3.30. The quantitative estimate of drug-likeness (QED) is 0.628. The molecule has 0 radical (unpaired) electrons. The molecular weight excluding hydrogens is 409 g/mol. The number of aryl methyl sites for hydroxylation is 1. The second kappa shape index (κ2) is 8.26. The van der Waals surface area contributed by atoms with E-state index in [1.807, 2.05) is 25.1 Å². The standard InChI is InChI=1S/C24H26FN5O2/c1-17-6-7-22(27-14-17)29-16-24(32-23(29)31)11-8-18(9-12-24)15-26-21-10-13-30(28-21)20-5-3-2-4-19(20)25/h2-7,10,13-14,18H,8-9,11-12,15-16H2,1H3,(H,26,28). The Labute approximate surface area is 186 Å². The lowest BCUT2D eigenvalue weighted by molar-refractivity contribution is 0.0148. The predicted octanol–water partition coefficient (Wildman–Crippen LogP) is 4.71. The van der Waals surface area contributed by atoms with Crippen molar-refractivity contribution < 1.29 is 13.9 Å². The Bertz CT molecular complexity index is 1110. The van der Waals surface area contributed by atoms with Gasteiger partial charge in [0.1, 0.15) is 28.7 Å². The summed E-state index contributed by atoms with van der Waals surface area (Å²) >= 11 is 0. The summed E-state index contributed by atoms with van der Waals surface area (Å²) in [5, 5.41) is 7.81. The molecule has 8 heteroatoms. The van der Waals surface area contributed by atoms with Gasteiger partial charge in [0.15, 0.2) is 0 Å². The first kappa shape index (κ1) is 20.5. The number of carbonyl (C=O) groups is 1. The van der Waals surface area contributed by atoms with E-state index in [1.165, 1.54) is 6.07 Å². The molecule has 1 N–H and O–H groups in total. The SMILES string of the molecule is Cc1ccc(N2CC3(CCC(CNc4ccn(-c5ccccc5F)n4)CC3)OC2=O)nc1. The van der Waals surface area contributed by atoms with E-state index in [4.69, 9.17) is 4.74 Å². The molecule has 1 saturated heterocycles. The zero-order chi connectivity index (χ0) is 22.1. The van der Waals surface area contributed by atoms with Crippen molar-refractivity contribution in [1.29, 1.82) is 0 Å². The third kappa shape index (κ3) is 4.04. The molecule has 0 bridgehead atoms. The van der Waals surface area contributed by atoms with Gasteiger partial charge in [-0.15, -0.1) is 0 Å². The smallest absolute Gasteiger partial charge is 0.416 e. The highest BCUT2D eigenvalue weighted by Gasteiger charge is 2.47. The monoisotopic (exact) mass is 435 g/mol. The Morgan fingerprint density at radius 3 is 2.75 bits per heavy atom. The van der Waals surface area contributed by atoms with Crippen LogP contribution in [0.15, 0.2) is 54.9 Å². The van der Waals surface area contributed by atoms with Crippen LogP contribution in [-0.2, 0) is 4.74 Å². The minimum absolute atomic E-state index is 0.305. The van der Waals surface area contributed by atoms with Gasteiger partial charge in [-0.3, -0.25) is 4.90 Å². The molecule has 7 nitrogen and oxygen atoms in total. The molecule has 5 rings (SSSR count). The van der Waals surface area contributed by atoms with Crippen LogP contribution in [0.25, 0.3) is 5.69 Å².